The third-order valence-corrected chi connectivity index (χ3v) is 7.61. The Labute approximate surface area is 174 Å². The number of hydrogen-bond donors (Lipinski definition) is 2. The number of nitrogens with one attached hydrogen (secondary N) is 2. The number of sulfonamides is 4. The average molecular weight is 618 g/mol. The summed E-state index contributed by atoms with van der Waals surface area (Å²) in [6, 6.07) is 0. The van der Waals surface area contributed by atoms with Crippen molar-refractivity contribution in [3.63, 3.8) is 0 Å². The van der Waals surface area contributed by atoms with Crippen molar-refractivity contribution in [1.29, 1.82) is 0 Å². The Kier molecular flexibility index (Phi) is 11.0. The molecule has 192 valence electrons. The van der Waals surface area contributed by atoms with Gasteiger partial charge < -0.3 is 0 Å². The van der Waals surface area contributed by atoms with Gasteiger partial charge in [-0.15, -0.1) is 0 Å². The first-order chi connectivity index (χ1) is 12.4. The maximum atomic E-state index is 11.5. The smallest absolute Gasteiger partial charge is 0.202 e. The predicted molar refractivity (Wildman–Crippen MR) is 66.2 cm³/mol. The molecular formula is C4H2F12FeN2O8S4. The third kappa shape index (κ3) is 9.82. The van der Waals surface area contributed by atoms with Crippen LogP contribution in [-0.4, -0.2) is 55.7 Å². The van der Waals surface area contributed by atoms with Crippen molar-refractivity contribution in [3.05, 3.63) is 0 Å². The van der Waals surface area contributed by atoms with Gasteiger partial charge in [-0.05, 0) is 0 Å². The maximum absolute atomic E-state index is 11.5. The first-order valence-corrected chi connectivity index (χ1v) is 11.2. The van der Waals surface area contributed by atoms with Crippen molar-refractivity contribution < 1.29 is 103 Å². The number of rotatable bonds is 4. The van der Waals surface area contributed by atoms with Crippen LogP contribution >= 0.6 is 0 Å². The minimum atomic E-state index is -6.60. The minimum Gasteiger partial charge on any atom is -0.202 e. The summed E-state index contributed by atoms with van der Waals surface area (Å²) >= 11 is 0. The molecule has 0 aromatic carbocycles. The second-order valence-corrected chi connectivity index (χ2v) is 11.2. The summed E-state index contributed by atoms with van der Waals surface area (Å²) in [6.07, 6.45) is 0. The quantitative estimate of drug-likeness (QED) is 0.342. The average Bonchev–Trinajstić information content (AvgIpc) is 2.30. The molecule has 0 saturated heterocycles. The van der Waals surface area contributed by atoms with Crippen LogP contribution in [0.4, 0.5) is 52.7 Å². The zero-order valence-electron chi connectivity index (χ0n) is 12.8. The van der Waals surface area contributed by atoms with E-state index in [9.17, 15) is 86.4 Å². The van der Waals surface area contributed by atoms with E-state index in [1.165, 1.54) is 0 Å². The molecule has 0 aromatic heterocycles. The molecule has 31 heavy (non-hydrogen) atoms. The van der Waals surface area contributed by atoms with Gasteiger partial charge in [0.2, 0.25) is 0 Å². The van der Waals surface area contributed by atoms with Gasteiger partial charge in [-0.2, -0.15) is 52.7 Å². The zero-order chi connectivity index (χ0) is 25.4. The number of hydrogen-bond acceptors (Lipinski definition) is 8. The Morgan fingerprint density at radius 3 is 0.516 bits per heavy atom. The van der Waals surface area contributed by atoms with Gasteiger partial charge in [-0.3, -0.25) is 0 Å². The van der Waals surface area contributed by atoms with Gasteiger partial charge in [0.05, 0.1) is 0 Å². The van der Waals surface area contributed by atoms with E-state index >= 15 is 0 Å². The summed E-state index contributed by atoms with van der Waals surface area (Å²) < 4.78 is 217. The minimum absolute atomic E-state index is 0. The molecular weight excluding hydrogens is 616 g/mol. The Bertz CT molecular complexity index is 862. The monoisotopic (exact) mass is 618 g/mol. The molecule has 0 heterocycles. The SMILES string of the molecule is O=S(=O)(NS(=O)(=O)C(F)(F)F)C(F)(F)F.O=S(=O)(NS(=O)(=O)C(F)(F)F)C(F)(F)F.[Fe]. The second-order valence-electron chi connectivity index (χ2n) is 3.96. The Balaban J connectivity index is -0.000000490. The van der Waals surface area contributed by atoms with Crippen molar-refractivity contribution in [2.24, 2.45) is 0 Å². The van der Waals surface area contributed by atoms with E-state index in [0.717, 1.165) is 0 Å². The van der Waals surface area contributed by atoms with Crippen molar-refractivity contribution >= 4 is 40.1 Å². The normalized spacial score (nSPS) is 14.8. The van der Waals surface area contributed by atoms with Crippen molar-refractivity contribution in [2.75, 3.05) is 0 Å². The van der Waals surface area contributed by atoms with Gasteiger partial charge in [0, 0.05) is 17.1 Å². The van der Waals surface area contributed by atoms with Crippen LogP contribution in [0.15, 0.2) is 0 Å². The van der Waals surface area contributed by atoms with Crippen LogP contribution in [0.1, 0.15) is 0 Å². The molecule has 0 rings (SSSR count). The molecule has 0 saturated carbocycles. The Hall–Kier alpha value is -0.601. The fourth-order valence-corrected chi connectivity index (χ4v) is 4.30. The molecule has 0 aliphatic rings. The van der Waals surface area contributed by atoms with E-state index in [1.54, 1.807) is 0 Å². The molecule has 10 nitrogen and oxygen atoms in total. The van der Waals surface area contributed by atoms with Gasteiger partial charge >= 0.3 is 62.1 Å². The molecule has 0 aromatic rings. The summed E-state index contributed by atoms with van der Waals surface area (Å²) in [4.78, 5) is 0. The van der Waals surface area contributed by atoms with Crippen LogP contribution in [0, 0.1) is 0 Å². The molecule has 0 spiro atoms. The molecule has 0 aliphatic carbocycles. The van der Waals surface area contributed by atoms with Crippen LogP contribution < -0.4 is 8.25 Å². The first-order valence-electron chi connectivity index (χ1n) is 5.23. The van der Waals surface area contributed by atoms with E-state index in [1.807, 2.05) is 0 Å². The van der Waals surface area contributed by atoms with Gasteiger partial charge in [0.25, 0.3) is 0 Å². The topological polar surface area (TPSA) is 161 Å². The van der Waals surface area contributed by atoms with Crippen molar-refractivity contribution in [2.45, 2.75) is 22.0 Å². The molecule has 0 bridgehead atoms. The van der Waals surface area contributed by atoms with E-state index in [-0.39, 0.29) is 17.1 Å². The molecule has 0 atom stereocenters. The van der Waals surface area contributed by atoms with Gasteiger partial charge in [0.1, 0.15) is 0 Å². The van der Waals surface area contributed by atoms with Crippen LogP contribution in [0.3, 0.4) is 0 Å². The van der Waals surface area contributed by atoms with E-state index in [2.05, 4.69) is 0 Å². The molecule has 0 amide bonds. The summed E-state index contributed by atoms with van der Waals surface area (Å²) in [7, 11) is -26.4. The largest absolute Gasteiger partial charge is 0.512 e. The second kappa shape index (κ2) is 9.72. The van der Waals surface area contributed by atoms with Gasteiger partial charge in [0.15, 0.2) is 0 Å². The molecule has 0 radical (unpaired) electrons. The third-order valence-electron chi connectivity index (χ3n) is 1.66. The first kappa shape index (κ1) is 35.0. The maximum Gasteiger partial charge on any atom is 0.512 e. The summed E-state index contributed by atoms with van der Waals surface area (Å²) in [5, 5.41) is 0. The summed E-state index contributed by atoms with van der Waals surface area (Å²) in [5.74, 6) is 0. The van der Waals surface area contributed by atoms with Gasteiger partial charge in [-0.1, -0.05) is 8.25 Å². The molecule has 0 aliphatic heterocycles. The standard InChI is InChI=1S/2C2HF6NO4S2.Fe/c2*3-1(4,5)14(10,11)9-15(12,13)2(6,7)8;/h2*9H;. The van der Waals surface area contributed by atoms with E-state index in [0.29, 0.717) is 0 Å². The fraction of sp³-hybridized carbons (Fsp3) is 1.00. The molecule has 27 heteroatoms. The molecule has 0 fully saturated rings. The molecule has 0 unspecified atom stereocenters. The Morgan fingerprint density at radius 2 is 0.452 bits per heavy atom. The van der Waals surface area contributed by atoms with Crippen LogP contribution in [-0.2, 0) is 57.2 Å². The van der Waals surface area contributed by atoms with E-state index < -0.39 is 70.4 Å². The van der Waals surface area contributed by atoms with Crippen LogP contribution in [0.2, 0.25) is 0 Å². The molecule has 2 N–H and O–H groups in total. The summed E-state index contributed by atoms with van der Waals surface area (Å²) in [5.41, 5.74) is -24.6. The zero-order valence-corrected chi connectivity index (χ0v) is 17.2. The van der Waals surface area contributed by atoms with E-state index in [4.69, 9.17) is 0 Å². The fourth-order valence-electron chi connectivity index (χ4n) is 0.478. The number of halogens is 12. The van der Waals surface area contributed by atoms with Gasteiger partial charge in [-0.25, -0.2) is 33.7 Å². The number of alkyl halides is 12. The summed E-state index contributed by atoms with van der Waals surface area (Å²) in [6.45, 7) is 0. The predicted octanol–water partition coefficient (Wildman–Crippen LogP) is 0.548. The Morgan fingerprint density at radius 1 is 0.355 bits per heavy atom. The van der Waals surface area contributed by atoms with Crippen molar-refractivity contribution in [1.82, 2.24) is 8.25 Å². The van der Waals surface area contributed by atoms with Crippen LogP contribution in [0.5, 0.6) is 0 Å². The van der Waals surface area contributed by atoms with Crippen LogP contribution in [0.25, 0.3) is 0 Å². The van der Waals surface area contributed by atoms with Crippen molar-refractivity contribution in [3.8, 4) is 0 Å².